The first-order chi connectivity index (χ1) is 45.3. The predicted molar refractivity (Wildman–Crippen MR) is 313 cm³/mol. The summed E-state index contributed by atoms with van der Waals surface area (Å²) in [5.41, 5.74) is -3.06. The molecule has 12 rings (SSSR count). The quantitative estimate of drug-likeness (QED) is 0.0421. The van der Waals surface area contributed by atoms with Gasteiger partial charge in [-0.3, -0.25) is 9.59 Å². The summed E-state index contributed by atoms with van der Waals surface area (Å²) in [5, 5.41) is 42.3. The zero-order chi connectivity index (χ0) is 71.6. The van der Waals surface area contributed by atoms with Crippen molar-refractivity contribution in [2.45, 2.75) is 139 Å². The summed E-state index contributed by atoms with van der Waals surface area (Å²) < 4.78 is 200. The summed E-state index contributed by atoms with van der Waals surface area (Å²) in [6, 6.07) is 33.6. The fourth-order valence-corrected chi connectivity index (χ4v) is 11.3. The highest BCUT2D eigenvalue weighted by molar-refractivity contribution is 5.97. The highest BCUT2D eigenvalue weighted by Crippen LogP contribution is 2.54. The molecular weight excluding hydrogens is 1150 g/mol. The largest absolute Gasteiger partial charge is 0.586 e. The number of fused-ring (bicyclic) bond motifs is 4. The van der Waals surface area contributed by atoms with E-state index in [2.05, 4.69) is 18.9 Å². The van der Waals surface area contributed by atoms with Crippen LogP contribution in [-0.4, -0.2) is 92.1 Å². The molecule has 2 fully saturated rings. The molecule has 464 valence electrons. The molecule has 0 bridgehead atoms. The van der Waals surface area contributed by atoms with Crippen molar-refractivity contribution in [3.8, 4) is 23.0 Å². The highest BCUT2D eigenvalue weighted by Gasteiger charge is 2.54. The van der Waals surface area contributed by atoms with Crippen LogP contribution in [0.4, 0.5) is 26.3 Å². The van der Waals surface area contributed by atoms with Crippen LogP contribution in [0, 0.1) is 11.6 Å². The van der Waals surface area contributed by atoms with Crippen LogP contribution >= 0.6 is 0 Å². The van der Waals surface area contributed by atoms with E-state index >= 15 is 8.78 Å². The number of Topliss-reactive ketones (excluding diaryl/α,β-unsaturated/α-hetero) is 2. The van der Waals surface area contributed by atoms with E-state index in [1.54, 1.807) is 74.5 Å². The number of ketones is 2. The van der Waals surface area contributed by atoms with E-state index in [4.69, 9.17) is 23.2 Å². The van der Waals surface area contributed by atoms with Crippen LogP contribution in [0.15, 0.2) is 133 Å². The Labute approximate surface area is 517 Å². The number of aromatic nitrogens is 2. The number of carbonyl (C=O) groups excluding carboxylic acids is 2. The third-order valence-electron chi connectivity index (χ3n) is 16.3. The molecule has 88 heavy (non-hydrogen) atoms. The minimum Gasteiger partial charge on any atom is -0.395 e. The van der Waals surface area contributed by atoms with E-state index in [0.29, 0.717) is 53.3 Å². The van der Waals surface area contributed by atoms with Crippen molar-refractivity contribution >= 4 is 33.4 Å². The topological polar surface area (TPSA) is 180 Å². The first-order valence-electron chi connectivity index (χ1n) is 33.1. The van der Waals surface area contributed by atoms with Crippen LogP contribution in [0.25, 0.3) is 21.8 Å². The Morgan fingerprint density at radius 2 is 1.00 bits per heavy atom. The lowest BCUT2D eigenvalue weighted by atomic mass is 9.87. The number of alkyl halides is 4. The van der Waals surface area contributed by atoms with Crippen molar-refractivity contribution in [1.29, 1.82) is 0 Å². The van der Waals surface area contributed by atoms with E-state index in [-0.39, 0.29) is 93.1 Å². The highest BCUT2D eigenvalue weighted by atomic mass is 19.3. The van der Waals surface area contributed by atoms with Crippen LogP contribution < -0.4 is 18.9 Å². The molecule has 4 heterocycles. The molecule has 2 aliphatic heterocycles. The third-order valence-corrected chi connectivity index (χ3v) is 16.3. The Hall–Kier alpha value is -7.72. The van der Waals surface area contributed by atoms with Gasteiger partial charge in [0.15, 0.2) is 23.0 Å². The molecular formula is C68H68F6N2O12. The first-order valence-corrected chi connectivity index (χ1v) is 28.1. The molecule has 2 atom stereocenters. The number of rotatable bonds is 24. The fourth-order valence-electron chi connectivity index (χ4n) is 11.3. The number of benzene rings is 6. The summed E-state index contributed by atoms with van der Waals surface area (Å²) in [4.78, 5) is 27.3. The average molecular weight is 1230 g/mol. The zero-order valence-corrected chi connectivity index (χ0v) is 48.0. The fraction of sp³-hybridized carbons (Fsp3) is 0.382. The van der Waals surface area contributed by atoms with Crippen LogP contribution in [0.1, 0.15) is 112 Å². The molecule has 0 spiro atoms. The number of aliphatic hydroxyl groups is 4. The van der Waals surface area contributed by atoms with Gasteiger partial charge < -0.3 is 58.0 Å². The van der Waals surface area contributed by atoms with E-state index in [1.807, 2.05) is 6.07 Å². The number of halogens is 6. The Bertz CT molecular complexity index is 4400. The van der Waals surface area contributed by atoms with Crippen LogP contribution in [0.2, 0.25) is 0 Å². The van der Waals surface area contributed by atoms with E-state index in [0.717, 1.165) is 16.7 Å². The minimum atomic E-state index is -3.83. The standard InChI is InChI=1S/C41H40F3NO6.C27H28F3NO6/c1-39(2,26-49-24-28-11-7-4-8-12-28)37-18-30-17-29(19-38(47)40(15-16-40)31-13-14-35-36(20-31)51-41(43,44)50-35)33(42)21-34(30)45(37)22-32(46)25-48-23-27-9-5-3-6-10-27;1-25(2,14-33)23-8-16-7-15(19(28)11-20(16)31(23)12-18(34)13-32)9-24(35)26(5-6-26)17-3-4-21-22(10-17)37-27(29,30)36-21/h3-14,17-18,20-21,32,46H,15-16,19,22-26H2,1-2H3;3-4,7-8,10-11,18,32-34H,5-6,9,12-14H2,1-2H3/t;18-/m.0/s1/i25D2,26D2,32D;13D2,14D2,18D. The van der Waals surface area contributed by atoms with Crippen molar-refractivity contribution in [1.82, 2.24) is 9.13 Å². The molecule has 2 saturated carbocycles. The predicted octanol–water partition coefficient (Wildman–Crippen LogP) is 11.6. The lowest BCUT2D eigenvalue weighted by Gasteiger charge is -2.28. The molecule has 20 heteroatoms. The maximum atomic E-state index is 16.2. The van der Waals surface area contributed by atoms with Crippen molar-refractivity contribution in [3.63, 3.8) is 0 Å². The molecule has 0 amide bonds. The molecule has 8 aromatic rings. The van der Waals surface area contributed by atoms with Gasteiger partial charge in [-0.1, -0.05) is 100 Å². The molecule has 6 aromatic carbocycles. The second-order valence-electron chi connectivity index (χ2n) is 23.4. The number of carbonyl (C=O) groups is 2. The van der Waals surface area contributed by atoms with Gasteiger partial charge in [0.05, 0.1) is 100 Å². The summed E-state index contributed by atoms with van der Waals surface area (Å²) in [7, 11) is 0. The molecule has 0 saturated heterocycles. The Morgan fingerprint density at radius 3 is 1.43 bits per heavy atom. The summed E-state index contributed by atoms with van der Waals surface area (Å²) in [5.74, 6) is -3.16. The van der Waals surface area contributed by atoms with E-state index in [9.17, 15) is 47.6 Å². The summed E-state index contributed by atoms with van der Waals surface area (Å²) >= 11 is 0. The maximum Gasteiger partial charge on any atom is 0.586 e. The monoisotopic (exact) mass is 1230 g/mol. The van der Waals surface area contributed by atoms with Crippen molar-refractivity contribution in [3.05, 3.63) is 190 Å². The van der Waals surface area contributed by atoms with Gasteiger partial charge in [0.25, 0.3) is 0 Å². The number of nitrogens with zero attached hydrogens (tertiary/aromatic N) is 2. The van der Waals surface area contributed by atoms with Gasteiger partial charge in [-0.15, -0.1) is 17.6 Å². The third kappa shape index (κ3) is 12.9. The van der Waals surface area contributed by atoms with Crippen molar-refractivity contribution < 1.29 is 98.5 Å². The summed E-state index contributed by atoms with van der Waals surface area (Å²) in [6.45, 7) is -8.05. The molecule has 0 radical (unpaired) electrons. The molecule has 4 N–H and O–H groups in total. The van der Waals surface area contributed by atoms with Gasteiger partial charge >= 0.3 is 12.6 Å². The minimum absolute atomic E-state index is 0.00792. The van der Waals surface area contributed by atoms with Crippen LogP contribution in [0.3, 0.4) is 0 Å². The van der Waals surface area contributed by atoms with E-state index < -0.39 is 104 Å². The molecule has 2 aliphatic carbocycles. The van der Waals surface area contributed by atoms with Crippen LogP contribution in [0.5, 0.6) is 23.0 Å². The smallest absolute Gasteiger partial charge is 0.395 e. The first kappa shape index (κ1) is 50.2. The van der Waals surface area contributed by atoms with Gasteiger partial charge in [-0.25, -0.2) is 8.78 Å². The molecule has 14 nitrogen and oxygen atoms in total. The molecule has 1 unspecified atom stereocenters. The molecule has 2 aromatic heterocycles. The average Bonchev–Trinajstić information content (AvgIpc) is 1.58. The second-order valence-corrected chi connectivity index (χ2v) is 23.4. The molecule has 4 aliphatic rings. The van der Waals surface area contributed by atoms with Gasteiger partial charge in [-0.05, 0) is 120 Å². The lowest BCUT2D eigenvalue weighted by Crippen LogP contribution is -2.30. The van der Waals surface area contributed by atoms with Crippen LogP contribution in [-0.2, 0) is 79.9 Å². The van der Waals surface area contributed by atoms with Crippen molar-refractivity contribution in [2.75, 3.05) is 26.2 Å². The van der Waals surface area contributed by atoms with Crippen molar-refractivity contribution in [2.24, 2.45) is 0 Å². The number of ether oxygens (including phenoxy) is 6. The zero-order valence-electron chi connectivity index (χ0n) is 58.0. The lowest BCUT2D eigenvalue weighted by molar-refractivity contribution is -0.287. The SMILES string of the molecule is [2H]C(O)(Cn1c(C(C)(C)C([2H])([2H])OCc2ccccc2)cc2cc(CC(=O)C3(c4ccc5c(c4)OC(F)(F)O5)CC3)c(F)cc21)C([2H])([2H])OCc1ccccc1.[2H]C([2H])(O)C(C)(C)c1cc2cc(CC(=O)C3(c4ccc5c(c4)OC(F)(F)O5)CC3)c(F)cc2n1C[C@]([2H])(O)C([2H])([2H])O. The van der Waals surface area contributed by atoms with Gasteiger partial charge in [0.1, 0.15) is 23.2 Å². The Kier molecular flexibility index (Phi) is 13.7. The second kappa shape index (κ2) is 24.0. The van der Waals surface area contributed by atoms with Gasteiger partial charge in [0.2, 0.25) is 0 Å². The van der Waals surface area contributed by atoms with Gasteiger partial charge in [-0.2, -0.15) is 0 Å². The van der Waals surface area contributed by atoms with Gasteiger partial charge in [0, 0.05) is 45.8 Å². The Morgan fingerprint density at radius 1 is 0.580 bits per heavy atom. The Balaban J connectivity index is 0.000000207. The number of hydrogen-bond donors (Lipinski definition) is 4. The maximum absolute atomic E-state index is 16.2. The van der Waals surface area contributed by atoms with E-state index in [1.165, 1.54) is 73.0 Å². The normalized spacial score (nSPS) is 20.2. The summed E-state index contributed by atoms with van der Waals surface area (Å²) in [6.07, 6.45) is -12.9. The number of hydrogen-bond acceptors (Lipinski definition) is 12.